The van der Waals surface area contributed by atoms with Crippen LogP contribution in [0.1, 0.15) is 23.0 Å². The van der Waals surface area contributed by atoms with Crippen LogP contribution in [0.25, 0.3) is 0 Å². The second-order valence-electron chi connectivity index (χ2n) is 5.63. The number of hydrogen-bond donors (Lipinski definition) is 3. The van der Waals surface area contributed by atoms with Gasteiger partial charge in [0.1, 0.15) is 11.9 Å². The molecule has 130 valence electrons. The van der Waals surface area contributed by atoms with Gasteiger partial charge in [0.05, 0.1) is 25.5 Å². The summed E-state index contributed by atoms with van der Waals surface area (Å²) in [5.41, 5.74) is 2.06. The third-order valence-electron chi connectivity index (χ3n) is 3.65. The van der Waals surface area contributed by atoms with Gasteiger partial charge in [-0.15, -0.1) is 0 Å². The van der Waals surface area contributed by atoms with E-state index in [0.717, 1.165) is 11.1 Å². The molecule has 0 spiro atoms. The highest BCUT2D eigenvalue weighted by Gasteiger charge is 2.11. The summed E-state index contributed by atoms with van der Waals surface area (Å²) in [6.07, 6.45) is 4.23. The first-order valence-corrected chi connectivity index (χ1v) is 7.99. The fourth-order valence-corrected chi connectivity index (χ4v) is 2.37. The maximum atomic E-state index is 11.8. The summed E-state index contributed by atoms with van der Waals surface area (Å²) in [6, 6.07) is 13.0. The minimum atomic E-state index is -0.866. The van der Waals surface area contributed by atoms with Crippen molar-refractivity contribution >= 4 is 6.03 Å². The topological polar surface area (TPSA) is 92.3 Å². The highest BCUT2D eigenvalue weighted by Crippen LogP contribution is 2.11. The molecular weight excluding hydrogens is 320 g/mol. The van der Waals surface area contributed by atoms with E-state index in [1.807, 2.05) is 41.2 Å². The number of carbonyl (C=O) groups is 1. The molecule has 25 heavy (non-hydrogen) atoms. The Hall–Kier alpha value is -3.06. The van der Waals surface area contributed by atoms with Crippen LogP contribution in [0, 0.1) is 0 Å². The normalized spacial score (nSPS) is 11.9. The minimum Gasteiger partial charge on any atom is -0.467 e. The molecule has 1 aromatic carbocycles. The lowest BCUT2D eigenvalue weighted by atomic mass is 10.2. The number of nitrogens with zero attached hydrogens (tertiary/aromatic N) is 2. The standard InChI is InChI=1S/C18H20N4O3/c23-16(17-7-4-8-25-17)11-20-18(24)19-9-15-10-21-22(13-15)12-14-5-2-1-3-6-14/h1-8,10,13,16,23H,9,11-12H2,(H2,19,20,24). The van der Waals surface area contributed by atoms with Crippen LogP contribution in [0.2, 0.25) is 0 Å². The summed E-state index contributed by atoms with van der Waals surface area (Å²) in [4.78, 5) is 11.8. The molecule has 2 aromatic heterocycles. The summed E-state index contributed by atoms with van der Waals surface area (Å²) in [5.74, 6) is 0.419. The van der Waals surface area contributed by atoms with E-state index < -0.39 is 6.10 Å². The van der Waals surface area contributed by atoms with Crippen LogP contribution in [-0.2, 0) is 13.1 Å². The number of aliphatic hydroxyl groups is 1. The van der Waals surface area contributed by atoms with Gasteiger partial charge in [-0.1, -0.05) is 30.3 Å². The molecule has 1 atom stereocenters. The van der Waals surface area contributed by atoms with Gasteiger partial charge in [0.25, 0.3) is 0 Å². The number of hydrogen-bond acceptors (Lipinski definition) is 4. The minimum absolute atomic E-state index is 0.0760. The van der Waals surface area contributed by atoms with E-state index in [1.54, 1.807) is 18.3 Å². The Labute approximate surface area is 145 Å². The van der Waals surface area contributed by atoms with E-state index in [2.05, 4.69) is 15.7 Å². The Kier molecular flexibility index (Phi) is 5.48. The predicted octanol–water partition coefficient (Wildman–Crippen LogP) is 2.06. The van der Waals surface area contributed by atoms with Crippen molar-refractivity contribution in [2.24, 2.45) is 0 Å². The van der Waals surface area contributed by atoms with Crippen LogP contribution < -0.4 is 10.6 Å². The quantitative estimate of drug-likeness (QED) is 0.614. The third kappa shape index (κ3) is 4.95. The van der Waals surface area contributed by atoms with Gasteiger partial charge in [-0.05, 0) is 17.7 Å². The van der Waals surface area contributed by atoms with Crippen molar-refractivity contribution in [2.75, 3.05) is 6.54 Å². The molecule has 0 saturated carbocycles. The predicted molar refractivity (Wildman–Crippen MR) is 91.7 cm³/mol. The first-order valence-electron chi connectivity index (χ1n) is 7.99. The van der Waals surface area contributed by atoms with Crippen molar-refractivity contribution in [2.45, 2.75) is 19.2 Å². The zero-order valence-electron chi connectivity index (χ0n) is 13.6. The molecule has 0 fully saturated rings. The highest BCUT2D eigenvalue weighted by molar-refractivity contribution is 5.73. The van der Waals surface area contributed by atoms with Crippen molar-refractivity contribution in [1.29, 1.82) is 0 Å². The number of benzene rings is 1. The summed E-state index contributed by atoms with van der Waals surface area (Å²) < 4.78 is 6.90. The molecule has 3 N–H and O–H groups in total. The van der Waals surface area contributed by atoms with Crippen molar-refractivity contribution in [3.63, 3.8) is 0 Å². The maximum Gasteiger partial charge on any atom is 0.315 e. The molecule has 0 saturated heterocycles. The van der Waals surface area contributed by atoms with E-state index >= 15 is 0 Å². The largest absolute Gasteiger partial charge is 0.467 e. The molecule has 0 radical (unpaired) electrons. The molecule has 3 aromatic rings. The number of carbonyl (C=O) groups excluding carboxylic acids is 1. The van der Waals surface area contributed by atoms with E-state index in [9.17, 15) is 9.90 Å². The summed E-state index contributed by atoms with van der Waals surface area (Å²) in [7, 11) is 0. The van der Waals surface area contributed by atoms with Crippen LogP contribution in [0.4, 0.5) is 4.79 Å². The Morgan fingerprint density at radius 3 is 2.76 bits per heavy atom. The Bertz CT molecular complexity index is 784. The monoisotopic (exact) mass is 340 g/mol. The molecule has 0 aliphatic carbocycles. The lowest BCUT2D eigenvalue weighted by Gasteiger charge is -2.10. The maximum absolute atomic E-state index is 11.8. The van der Waals surface area contributed by atoms with Crippen molar-refractivity contribution < 1.29 is 14.3 Å². The SMILES string of the molecule is O=C(NCc1cnn(Cc2ccccc2)c1)NCC(O)c1ccco1. The van der Waals surface area contributed by atoms with Crippen LogP contribution in [0.15, 0.2) is 65.5 Å². The Morgan fingerprint density at radius 1 is 1.16 bits per heavy atom. The average Bonchev–Trinajstić information content (AvgIpc) is 3.31. The lowest BCUT2D eigenvalue weighted by Crippen LogP contribution is -2.37. The third-order valence-corrected chi connectivity index (χ3v) is 3.65. The van der Waals surface area contributed by atoms with Crippen LogP contribution in [0.5, 0.6) is 0 Å². The molecule has 0 aliphatic rings. The Balaban J connectivity index is 1.42. The highest BCUT2D eigenvalue weighted by atomic mass is 16.4. The zero-order valence-corrected chi connectivity index (χ0v) is 13.6. The second-order valence-corrected chi connectivity index (χ2v) is 5.63. The summed E-state index contributed by atoms with van der Waals surface area (Å²) in [5, 5.41) is 19.5. The van der Waals surface area contributed by atoms with Crippen molar-refractivity contribution in [3.8, 4) is 0 Å². The van der Waals surface area contributed by atoms with Crippen LogP contribution >= 0.6 is 0 Å². The van der Waals surface area contributed by atoms with Crippen LogP contribution in [0.3, 0.4) is 0 Å². The lowest BCUT2D eigenvalue weighted by molar-refractivity contribution is 0.148. The number of nitrogens with one attached hydrogen (secondary N) is 2. The molecule has 1 unspecified atom stereocenters. The molecule has 2 amide bonds. The summed E-state index contributed by atoms with van der Waals surface area (Å²) in [6.45, 7) is 1.12. The van der Waals surface area contributed by atoms with Gasteiger partial charge in [-0.3, -0.25) is 4.68 Å². The van der Waals surface area contributed by atoms with Gasteiger partial charge < -0.3 is 20.2 Å². The Morgan fingerprint density at radius 2 is 2.00 bits per heavy atom. The molecular formula is C18H20N4O3. The second kappa shape index (κ2) is 8.16. The molecule has 3 rings (SSSR count). The molecule has 0 bridgehead atoms. The average molecular weight is 340 g/mol. The first-order chi connectivity index (χ1) is 12.2. The van der Waals surface area contributed by atoms with Crippen LogP contribution in [-0.4, -0.2) is 27.5 Å². The number of amides is 2. The van der Waals surface area contributed by atoms with Gasteiger partial charge >= 0.3 is 6.03 Å². The van der Waals surface area contributed by atoms with E-state index in [0.29, 0.717) is 18.8 Å². The van der Waals surface area contributed by atoms with E-state index in [-0.39, 0.29) is 12.6 Å². The van der Waals surface area contributed by atoms with Crippen molar-refractivity contribution in [3.05, 3.63) is 78.0 Å². The van der Waals surface area contributed by atoms with E-state index in [1.165, 1.54) is 6.26 Å². The van der Waals surface area contributed by atoms with Gasteiger partial charge in [0.15, 0.2) is 0 Å². The number of furan rings is 1. The smallest absolute Gasteiger partial charge is 0.315 e. The number of aromatic nitrogens is 2. The number of rotatable bonds is 7. The van der Waals surface area contributed by atoms with Gasteiger partial charge in [0, 0.05) is 18.3 Å². The molecule has 7 heteroatoms. The fourth-order valence-electron chi connectivity index (χ4n) is 2.37. The molecule has 0 aliphatic heterocycles. The summed E-state index contributed by atoms with van der Waals surface area (Å²) >= 11 is 0. The number of urea groups is 1. The van der Waals surface area contributed by atoms with Gasteiger partial charge in [-0.2, -0.15) is 5.10 Å². The zero-order chi connectivity index (χ0) is 17.5. The molecule has 7 nitrogen and oxygen atoms in total. The van der Waals surface area contributed by atoms with Gasteiger partial charge in [0.2, 0.25) is 0 Å². The fraction of sp³-hybridized carbons (Fsp3) is 0.222. The molecule has 2 heterocycles. The van der Waals surface area contributed by atoms with Gasteiger partial charge in [-0.25, -0.2) is 4.79 Å². The van der Waals surface area contributed by atoms with Crippen molar-refractivity contribution in [1.82, 2.24) is 20.4 Å². The first kappa shape index (κ1) is 16.8. The number of aliphatic hydroxyl groups excluding tert-OH is 1. The van der Waals surface area contributed by atoms with E-state index in [4.69, 9.17) is 4.42 Å².